The molecule has 14 heavy (non-hydrogen) atoms. The molecule has 5 heteroatoms. The van der Waals surface area contributed by atoms with Crippen molar-refractivity contribution >= 4 is 18.3 Å². The molecule has 2 rings (SSSR count). The molecule has 0 aliphatic rings. The zero-order valence-corrected chi connectivity index (χ0v) is 8.52. The lowest BCUT2D eigenvalue weighted by atomic mass is 10.5. The van der Waals surface area contributed by atoms with Crippen LogP contribution in [-0.4, -0.2) is 19.9 Å². The predicted molar refractivity (Wildman–Crippen MR) is 57.9 cm³/mol. The maximum Gasteiger partial charge on any atom is 0.350 e. The minimum Gasteiger partial charge on any atom is -0.250 e. The highest BCUT2D eigenvalue weighted by molar-refractivity contribution is 7.80. The lowest BCUT2D eigenvalue weighted by Gasteiger charge is -1.93. The van der Waals surface area contributed by atoms with E-state index in [1.54, 1.807) is 10.6 Å². The molecule has 0 fully saturated rings. The Morgan fingerprint density at radius 1 is 1.43 bits per heavy atom. The number of rotatable bonds is 3. The first-order chi connectivity index (χ1) is 6.83. The first kappa shape index (κ1) is 9.33. The van der Waals surface area contributed by atoms with E-state index in [4.69, 9.17) is 0 Å². The average Bonchev–Trinajstić information content (AvgIpc) is 2.54. The number of hydrogen-bond acceptors (Lipinski definition) is 3. The number of thiol groups is 1. The molecule has 2 aromatic heterocycles. The summed E-state index contributed by atoms with van der Waals surface area (Å²) in [4.78, 5) is 11.7. The Bertz CT molecular complexity index is 488. The van der Waals surface area contributed by atoms with Crippen molar-refractivity contribution in [3.8, 4) is 0 Å². The fourth-order valence-corrected chi connectivity index (χ4v) is 1.48. The van der Waals surface area contributed by atoms with Gasteiger partial charge >= 0.3 is 5.69 Å². The molecular weight excluding hydrogens is 198 g/mol. The van der Waals surface area contributed by atoms with Crippen molar-refractivity contribution in [1.82, 2.24) is 14.2 Å². The fraction of sp³-hybridized carbons (Fsp3) is 0.333. The van der Waals surface area contributed by atoms with E-state index in [1.165, 1.54) is 4.68 Å². The molecule has 0 unspecified atom stereocenters. The highest BCUT2D eigenvalue weighted by atomic mass is 32.1. The normalized spacial score (nSPS) is 10.9. The second-order valence-corrected chi connectivity index (χ2v) is 3.46. The van der Waals surface area contributed by atoms with Gasteiger partial charge in [-0.25, -0.2) is 9.48 Å². The number of aryl methyl sites for hydroxylation is 1. The topological polar surface area (TPSA) is 39.3 Å². The third-order valence-electron chi connectivity index (χ3n) is 2.02. The highest BCUT2D eigenvalue weighted by Gasteiger charge is 2.03. The van der Waals surface area contributed by atoms with Crippen molar-refractivity contribution in [2.24, 2.45) is 0 Å². The van der Waals surface area contributed by atoms with Gasteiger partial charge in [0.1, 0.15) is 0 Å². The van der Waals surface area contributed by atoms with Crippen LogP contribution in [0, 0.1) is 0 Å². The first-order valence-electron chi connectivity index (χ1n) is 4.48. The highest BCUT2D eigenvalue weighted by Crippen LogP contribution is 1.96. The monoisotopic (exact) mass is 209 g/mol. The van der Waals surface area contributed by atoms with E-state index < -0.39 is 0 Å². The molecule has 0 aliphatic carbocycles. The molecular formula is C9H11N3OS. The quantitative estimate of drug-likeness (QED) is 0.760. The lowest BCUT2D eigenvalue weighted by Crippen LogP contribution is -2.21. The summed E-state index contributed by atoms with van der Waals surface area (Å²) in [6.07, 6.45) is 2.58. The van der Waals surface area contributed by atoms with E-state index in [0.717, 1.165) is 12.2 Å². The largest absolute Gasteiger partial charge is 0.350 e. The Balaban J connectivity index is 2.47. The molecule has 0 saturated carbocycles. The van der Waals surface area contributed by atoms with E-state index in [2.05, 4.69) is 17.7 Å². The molecule has 0 saturated heterocycles. The molecule has 0 aromatic carbocycles. The van der Waals surface area contributed by atoms with Crippen LogP contribution in [0.2, 0.25) is 0 Å². The molecule has 0 bridgehead atoms. The minimum absolute atomic E-state index is 0.0811. The molecule has 0 spiro atoms. The molecule has 0 atom stereocenters. The standard InChI is InChI=1S/C9H11N3OS/c13-9-11-5-2-1-4-8(11)10-12(9)6-3-7-14/h1-2,4-5,14H,3,6-7H2. The van der Waals surface area contributed by atoms with Gasteiger partial charge in [-0.3, -0.25) is 4.40 Å². The van der Waals surface area contributed by atoms with Crippen LogP contribution in [0.25, 0.3) is 5.65 Å². The first-order valence-corrected chi connectivity index (χ1v) is 5.11. The van der Waals surface area contributed by atoms with Gasteiger partial charge in [0.15, 0.2) is 5.65 Å². The summed E-state index contributed by atoms with van der Waals surface area (Å²) >= 11 is 4.10. The molecule has 0 radical (unpaired) electrons. The summed E-state index contributed by atoms with van der Waals surface area (Å²) in [7, 11) is 0. The summed E-state index contributed by atoms with van der Waals surface area (Å²) in [6.45, 7) is 0.629. The molecule has 4 nitrogen and oxygen atoms in total. The summed E-state index contributed by atoms with van der Waals surface area (Å²) in [5.41, 5.74) is 0.610. The molecule has 2 heterocycles. The zero-order chi connectivity index (χ0) is 9.97. The second kappa shape index (κ2) is 3.88. The van der Waals surface area contributed by atoms with Crippen molar-refractivity contribution in [3.63, 3.8) is 0 Å². The Hall–Kier alpha value is -1.23. The lowest BCUT2D eigenvalue weighted by molar-refractivity contribution is 0.585. The van der Waals surface area contributed by atoms with Crippen LogP contribution in [0.5, 0.6) is 0 Å². The minimum atomic E-state index is -0.0811. The van der Waals surface area contributed by atoms with Gasteiger partial charge in [0.05, 0.1) is 0 Å². The second-order valence-electron chi connectivity index (χ2n) is 3.01. The van der Waals surface area contributed by atoms with E-state index in [0.29, 0.717) is 12.2 Å². The Morgan fingerprint density at radius 2 is 2.29 bits per heavy atom. The number of fused-ring (bicyclic) bond motifs is 1. The molecule has 0 amide bonds. The van der Waals surface area contributed by atoms with Crippen LogP contribution >= 0.6 is 12.6 Å². The summed E-state index contributed by atoms with van der Waals surface area (Å²) in [5, 5.41) is 4.18. The van der Waals surface area contributed by atoms with Crippen molar-refractivity contribution in [2.75, 3.05) is 5.75 Å². The van der Waals surface area contributed by atoms with E-state index in [9.17, 15) is 4.79 Å². The van der Waals surface area contributed by atoms with Crippen LogP contribution in [0.3, 0.4) is 0 Å². The Kier molecular flexibility index (Phi) is 2.58. The van der Waals surface area contributed by atoms with E-state index in [1.807, 2.05) is 18.2 Å². The predicted octanol–water partition coefficient (Wildman–Crippen LogP) is 0.816. The Labute approximate surface area is 86.6 Å². The Morgan fingerprint density at radius 3 is 3.00 bits per heavy atom. The maximum absolute atomic E-state index is 11.7. The van der Waals surface area contributed by atoms with Crippen LogP contribution < -0.4 is 5.69 Å². The van der Waals surface area contributed by atoms with Gasteiger partial charge in [-0.15, -0.1) is 5.10 Å². The van der Waals surface area contributed by atoms with E-state index >= 15 is 0 Å². The molecule has 74 valence electrons. The molecule has 0 aliphatic heterocycles. The van der Waals surface area contributed by atoms with Crippen LogP contribution in [0.1, 0.15) is 6.42 Å². The van der Waals surface area contributed by atoms with Gasteiger partial charge in [0, 0.05) is 12.7 Å². The fourth-order valence-electron chi connectivity index (χ4n) is 1.33. The number of aromatic nitrogens is 3. The number of hydrogen-bond donors (Lipinski definition) is 1. The molecule has 2 aromatic rings. The van der Waals surface area contributed by atoms with E-state index in [-0.39, 0.29) is 5.69 Å². The van der Waals surface area contributed by atoms with Gasteiger partial charge in [-0.1, -0.05) is 6.07 Å². The van der Waals surface area contributed by atoms with Crippen LogP contribution in [0.4, 0.5) is 0 Å². The van der Waals surface area contributed by atoms with Gasteiger partial charge in [-0.2, -0.15) is 12.6 Å². The van der Waals surface area contributed by atoms with Gasteiger partial charge < -0.3 is 0 Å². The van der Waals surface area contributed by atoms with Crippen molar-refractivity contribution in [3.05, 3.63) is 34.9 Å². The summed E-state index contributed by atoms with van der Waals surface area (Å²) < 4.78 is 3.02. The van der Waals surface area contributed by atoms with Crippen molar-refractivity contribution in [1.29, 1.82) is 0 Å². The maximum atomic E-state index is 11.7. The van der Waals surface area contributed by atoms with Crippen LogP contribution in [0.15, 0.2) is 29.2 Å². The summed E-state index contributed by atoms with van der Waals surface area (Å²) in [6, 6.07) is 5.50. The third kappa shape index (κ3) is 1.55. The van der Waals surface area contributed by atoms with Gasteiger partial charge in [0.25, 0.3) is 0 Å². The number of pyridine rings is 1. The van der Waals surface area contributed by atoms with Crippen molar-refractivity contribution in [2.45, 2.75) is 13.0 Å². The third-order valence-corrected chi connectivity index (χ3v) is 2.33. The smallest absolute Gasteiger partial charge is 0.250 e. The van der Waals surface area contributed by atoms with Crippen LogP contribution in [-0.2, 0) is 6.54 Å². The van der Waals surface area contributed by atoms with Gasteiger partial charge in [-0.05, 0) is 24.3 Å². The SMILES string of the molecule is O=c1n(CCCS)nc2ccccn12. The van der Waals surface area contributed by atoms with Crippen molar-refractivity contribution < 1.29 is 0 Å². The molecule has 0 N–H and O–H groups in total. The van der Waals surface area contributed by atoms with Gasteiger partial charge in [0.2, 0.25) is 0 Å². The zero-order valence-electron chi connectivity index (χ0n) is 7.63. The summed E-state index contributed by atoms with van der Waals surface area (Å²) in [5.74, 6) is 0.764. The number of nitrogens with zero attached hydrogens (tertiary/aromatic N) is 3. The average molecular weight is 209 g/mol.